The minimum Gasteiger partial charge on any atom is -0.490 e. The molecule has 122 valence electrons. The van der Waals surface area contributed by atoms with Gasteiger partial charge in [-0.25, -0.2) is 4.79 Å². The number of carbonyl (C=O) groups is 1. The quantitative estimate of drug-likeness (QED) is 0.838. The molecule has 0 heterocycles. The summed E-state index contributed by atoms with van der Waals surface area (Å²) in [5.41, 5.74) is 2.17. The normalized spacial score (nSPS) is 11.6. The maximum Gasteiger partial charge on any atom is 0.407 e. The van der Waals surface area contributed by atoms with E-state index >= 15 is 0 Å². The van der Waals surface area contributed by atoms with Crippen LogP contribution in [0.2, 0.25) is 0 Å². The fraction of sp³-hybridized carbons (Fsp3) is 0.316. The second-order valence-electron chi connectivity index (χ2n) is 5.40. The van der Waals surface area contributed by atoms with Crippen molar-refractivity contribution in [2.24, 2.45) is 0 Å². The van der Waals surface area contributed by atoms with Crippen molar-refractivity contribution in [1.82, 2.24) is 5.32 Å². The Morgan fingerprint density at radius 2 is 1.91 bits per heavy atom. The zero-order chi connectivity index (χ0) is 16.5. The molecule has 0 aliphatic carbocycles. The SMILES string of the molecule is CCC(COc1cccc(C)c1)OC(=O)NCc1ccccc1. The van der Waals surface area contributed by atoms with Gasteiger partial charge in [-0.1, -0.05) is 49.4 Å². The second-order valence-corrected chi connectivity index (χ2v) is 5.40. The lowest BCUT2D eigenvalue weighted by molar-refractivity contribution is 0.0626. The largest absolute Gasteiger partial charge is 0.490 e. The lowest BCUT2D eigenvalue weighted by Gasteiger charge is -2.17. The van der Waals surface area contributed by atoms with E-state index in [1.165, 1.54) is 0 Å². The molecule has 0 aliphatic rings. The van der Waals surface area contributed by atoms with E-state index in [2.05, 4.69) is 5.32 Å². The van der Waals surface area contributed by atoms with Crippen LogP contribution in [0, 0.1) is 6.92 Å². The van der Waals surface area contributed by atoms with Gasteiger partial charge in [-0.15, -0.1) is 0 Å². The van der Waals surface area contributed by atoms with E-state index in [1.54, 1.807) is 0 Å². The van der Waals surface area contributed by atoms with Crippen molar-refractivity contribution in [2.75, 3.05) is 6.61 Å². The second kappa shape index (κ2) is 8.83. The molecule has 0 bridgehead atoms. The third-order valence-electron chi connectivity index (χ3n) is 3.43. The Balaban J connectivity index is 1.76. The maximum absolute atomic E-state index is 11.9. The monoisotopic (exact) mass is 313 g/mol. The van der Waals surface area contributed by atoms with Crippen molar-refractivity contribution >= 4 is 6.09 Å². The predicted molar refractivity (Wildman–Crippen MR) is 90.5 cm³/mol. The van der Waals surface area contributed by atoms with Crippen molar-refractivity contribution in [3.63, 3.8) is 0 Å². The van der Waals surface area contributed by atoms with Gasteiger partial charge in [-0.05, 0) is 36.6 Å². The third kappa shape index (κ3) is 6.02. The Hall–Kier alpha value is -2.49. The summed E-state index contributed by atoms with van der Waals surface area (Å²) < 4.78 is 11.1. The summed E-state index contributed by atoms with van der Waals surface area (Å²) in [4.78, 5) is 11.9. The van der Waals surface area contributed by atoms with E-state index in [4.69, 9.17) is 9.47 Å². The molecule has 4 heteroatoms. The number of ether oxygens (including phenoxy) is 2. The van der Waals surface area contributed by atoms with Crippen LogP contribution in [0.1, 0.15) is 24.5 Å². The molecule has 0 aliphatic heterocycles. The van der Waals surface area contributed by atoms with E-state index < -0.39 is 6.09 Å². The number of carbonyl (C=O) groups excluding carboxylic acids is 1. The predicted octanol–water partition coefficient (Wildman–Crippen LogP) is 4.08. The molecular formula is C19H23NO3. The molecule has 1 atom stereocenters. The fourth-order valence-corrected chi connectivity index (χ4v) is 2.09. The highest BCUT2D eigenvalue weighted by Gasteiger charge is 2.13. The van der Waals surface area contributed by atoms with Crippen molar-refractivity contribution in [3.05, 3.63) is 65.7 Å². The molecular weight excluding hydrogens is 290 g/mol. The van der Waals surface area contributed by atoms with Gasteiger partial charge >= 0.3 is 6.09 Å². The van der Waals surface area contributed by atoms with Gasteiger partial charge in [0, 0.05) is 6.54 Å². The van der Waals surface area contributed by atoms with E-state index in [-0.39, 0.29) is 6.10 Å². The Bertz CT molecular complexity index is 613. The van der Waals surface area contributed by atoms with E-state index in [1.807, 2.05) is 68.4 Å². The Morgan fingerprint density at radius 1 is 1.13 bits per heavy atom. The van der Waals surface area contributed by atoms with Gasteiger partial charge < -0.3 is 14.8 Å². The van der Waals surface area contributed by atoms with Gasteiger partial charge in [0.25, 0.3) is 0 Å². The van der Waals surface area contributed by atoms with Crippen molar-refractivity contribution in [1.29, 1.82) is 0 Å². The van der Waals surface area contributed by atoms with E-state index in [0.29, 0.717) is 19.6 Å². The number of hydrogen-bond acceptors (Lipinski definition) is 3. The molecule has 2 rings (SSSR count). The third-order valence-corrected chi connectivity index (χ3v) is 3.43. The number of benzene rings is 2. The van der Waals surface area contributed by atoms with E-state index in [9.17, 15) is 4.79 Å². The molecule has 0 fully saturated rings. The van der Waals surface area contributed by atoms with Gasteiger partial charge in [0.1, 0.15) is 18.5 Å². The molecule has 0 saturated heterocycles. The van der Waals surface area contributed by atoms with Crippen LogP contribution in [0.15, 0.2) is 54.6 Å². The van der Waals surface area contributed by atoms with E-state index in [0.717, 1.165) is 16.9 Å². The number of aryl methyl sites for hydroxylation is 1. The summed E-state index contributed by atoms with van der Waals surface area (Å²) in [6, 6.07) is 17.5. The minimum atomic E-state index is -0.423. The fourth-order valence-electron chi connectivity index (χ4n) is 2.09. The average molecular weight is 313 g/mol. The molecule has 0 saturated carbocycles. The van der Waals surface area contributed by atoms with Gasteiger partial charge in [0.15, 0.2) is 0 Å². The smallest absolute Gasteiger partial charge is 0.407 e. The summed E-state index contributed by atoms with van der Waals surface area (Å²) >= 11 is 0. The van der Waals surface area contributed by atoms with Gasteiger partial charge in [0.2, 0.25) is 0 Å². The zero-order valence-corrected chi connectivity index (χ0v) is 13.6. The van der Waals surface area contributed by atoms with Crippen LogP contribution in [-0.4, -0.2) is 18.8 Å². The van der Waals surface area contributed by atoms with Crippen LogP contribution >= 0.6 is 0 Å². The molecule has 2 aromatic carbocycles. The highest BCUT2D eigenvalue weighted by atomic mass is 16.6. The summed E-state index contributed by atoms with van der Waals surface area (Å²) in [6.45, 7) is 4.78. The topological polar surface area (TPSA) is 47.6 Å². The molecule has 4 nitrogen and oxygen atoms in total. The van der Waals surface area contributed by atoms with Gasteiger partial charge in [-0.3, -0.25) is 0 Å². The first kappa shape index (κ1) is 16.9. The standard InChI is InChI=1S/C19H23NO3/c1-3-17(14-22-18-11-7-8-15(2)12-18)23-19(21)20-13-16-9-5-4-6-10-16/h4-12,17H,3,13-14H2,1-2H3,(H,20,21). The van der Waals surface area contributed by atoms with Crippen LogP contribution in [0.25, 0.3) is 0 Å². The number of rotatable bonds is 7. The molecule has 0 spiro atoms. The van der Waals surface area contributed by atoms with Crippen molar-refractivity contribution in [2.45, 2.75) is 32.9 Å². The molecule has 0 aromatic heterocycles. The highest BCUT2D eigenvalue weighted by molar-refractivity contribution is 5.67. The van der Waals surface area contributed by atoms with Gasteiger partial charge in [0.05, 0.1) is 0 Å². The lowest BCUT2D eigenvalue weighted by Crippen LogP contribution is -2.31. The number of alkyl carbamates (subject to hydrolysis) is 1. The number of hydrogen-bond donors (Lipinski definition) is 1. The van der Waals surface area contributed by atoms with Crippen LogP contribution in [0.3, 0.4) is 0 Å². The zero-order valence-electron chi connectivity index (χ0n) is 13.6. The van der Waals surface area contributed by atoms with Crippen molar-refractivity contribution in [3.8, 4) is 5.75 Å². The summed E-state index contributed by atoms with van der Waals surface area (Å²) in [5, 5.41) is 2.75. The molecule has 23 heavy (non-hydrogen) atoms. The van der Waals surface area contributed by atoms with Crippen molar-refractivity contribution < 1.29 is 14.3 Å². The number of amides is 1. The summed E-state index contributed by atoms with van der Waals surface area (Å²) in [7, 11) is 0. The van der Waals surface area contributed by atoms with Gasteiger partial charge in [-0.2, -0.15) is 0 Å². The maximum atomic E-state index is 11.9. The molecule has 1 unspecified atom stereocenters. The number of nitrogens with one attached hydrogen (secondary N) is 1. The molecule has 1 amide bonds. The van der Waals surface area contributed by atoms with Crippen LogP contribution in [0.5, 0.6) is 5.75 Å². The van der Waals surface area contributed by atoms with Crippen LogP contribution < -0.4 is 10.1 Å². The highest BCUT2D eigenvalue weighted by Crippen LogP contribution is 2.13. The Labute approximate surface area is 137 Å². The average Bonchev–Trinajstić information content (AvgIpc) is 2.58. The van der Waals surface area contributed by atoms with Crippen LogP contribution in [0.4, 0.5) is 4.79 Å². The molecule has 2 aromatic rings. The minimum absolute atomic E-state index is 0.272. The lowest BCUT2D eigenvalue weighted by atomic mass is 10.2. The first-order valence-corrected chi connectivity index (χ1v) is 7.85. The Morgan fingerprint density at radius 3 is 2.61 bits per heavy atom. The van der Waals surface area contributed by atoms with Crippen LogP contribution in [-0.2, 0) is 11.3 Å². The molecule has 0 radical (unpaired) electrons. The summed E-state index contributed by atoms with van der Waals surface area (Å²) in [5.74, 6) is 0.789. The summed E-state index contributed by atoms with van der Waals surface area (Å²) in [6.07, 6.45) is 0.00438. The first-order valence-electron chi connectivity index (χ1n) is 7.85. The molecule has 1 N–H and O–H groups in total. The Kier molecular flexibility index (Phi) is 6.48. The first-order chi connectivity index (χ1) is 11.2.